The maximum atomic E-state index is 11.3. The molecule has 0 spiro atoms. The molecule has 3 nitrogen and oxygen atoms in total. The largest absolute Gasteiger partial charge is 0.338 e. The van der Waals surface area contributed by atoms with Gasteiger partial charge in [-0.15, -0.1) is 0 Å². The lowest BCUT2D eigenvalue weighted by molar-refractivity contribution is 0.234. The van der Waals surface area contributed by atoms with Crippen molar-refractivity contribution >= 4 is 6.03 Å². The van der Waals surface area contributed by atoms with E-state index in [0.717, 1.165) is 11.8 Å². The van der Waals surface area contributed by atoms with Crippen molar-refractivity contribution in [2.24, 2.45) is 11.8 Å². The van der Waals surface area contributed by atoms with E-state index in [0.29, 0.717) is 12.6 Å². The summed E-state index contributed by atoms with van der Waals surface area (Å²) in [5, 5.41) is 5.88. The molecule has 0 aromatic carbocycles. The maximum absolute atomic E-state index is 11.3. The normalized spacial score (nSPS) is 21.7. The van der Waals surface area contributed by atoms with Gasteiger partial charge in [0.05, 0.1) is 0 Å². The highest BCUT2D eigenvalue weighted by molar-refractivity contribution is 5.74. The summed E-state index contributed by atoms with van der Waals surface area (Å²) in [6, 6.07) is 0.498. The van der Waals surface area contributed by atoms with Crippen molar-refractivity contribution in [3.05, 3.63) is 0 Å². The molecule has 0 atom stereocenters. The van der Waals surface area contributed by atoms with Crippen molar-refractivity contribution in [2.75, 3.05) is 6.54 Å². The van der Waals surface area contributed by atoms with E-state index in [1.807, 2.05) is 6.92 Å². The molecule has 2 N–H and O–H groups in total. The van der Waals surface area contributed by atoms with Gasteiger partial charge < -0.3 is 10.6 Å². The molecule has 74 valence electrons. The van der Waals surface area contributed by atoms with Gasteiger partial charge in [0.1, 0.15) is 0 Å². The summed E-state index contributed by atoms with van der Waals surface area (Å²) in [5.41, 5.74) is 0. The quantitative estimate of drug-likeness (QED) is 0.679. The van der Waals surface area contributed by atoms with Crippen LogP contribution in [-0.2, 0) is 0 Å². The lowest BCUT2D eigenvalue weighted by Gasteiger charge is -2.17. The van der Waals surface area contributed by atoms with Crippen LogP contribution in [0.1, 0.15) is 32.6 Å². The first-order valence-corrected chi connectivity index (χ1v) is 5.35. The smallest absolute Gasteiger partial charge is 0.315 e. The molecule has 0 heterocycles. The Bertz CT molecular complexity index is 185. The van der Waals surface area contributed by atoms with E-state index in [1.165, 1.54) is 25.7 Å². The molecule has 0 radical (unpaired) electrons. The molecule has 0 aromatic rings. The van der Waals surface area contributed by atoms with Gasteiger partial charge in [0.25, 0.3) is 0 Å². The molecule has 2 aliphatic rings. The van der Waals surface area contributed by atoms with E-state index in [2.05, 4.69) is 10.6 Å². The van der Waals surface area contributed by atoms with Gasteiger partial charge in [0.2, 0.25) is 0 Å². The van der Waals surface area contributed by atoms with Crippen LogP contribution in [0.15, 0.2) is 0 Å². The van der Waals surface area contributed by atoms with Gasteiger partial charge in [-0.3, -0.25) is 0 Å². The highest BCUT2D eigenvalue weighted by atomic mass is 16.2. The molecule has 2 rings (SSSR count). The van der Waals surface area contributed by atoms with Gasteiger partial charge in [-0.2, -0.15) is 0 Å². The predicted octanol–water partition coefficient (Wildman–Crippen LogP) is 1.49. The summed E-state index contributed by atoms with van der Waals surface area (Å²) in [7, 11) is 0. The SMILES string of the molecule is CCNC(=O)NC(C1CC1)C1CC1. The number of nitrogens with one attached hydrogen (secondary N) is 2. The second-order valence-corrected chi connectivity index (χ2v) is 4.20. The van der Waals surface area contributed by atoms with Crippen molar-refractivity contribution in [1.29, 1.82) is 0 Å². The van der Waals surface area contributed by atoms with Crippen molar-refractivity contribution in [3.63, 3.8) is 0 Å². The van der Waals surface area contributed by atoms with Gasteiger partial charge >= 0.3 is 6.03 Å². The Balaban J connectivity index is 1.78. The average Bonchev–Trinajstić information content (AvgIpc) is 2.95. The van der Waals surface area contributed by atoms with Crippen LogP contribution in [0.2, 0.25) is 0 Å². The summed E-state index contributed by atoms with van der Waals surface area (Å²) in [5.74, 6) is 1.57. The van der Waals surface area contributed by atoms with Crippen LogP contribution < -0.4 is 10.6 Å². The maximum Gasteiger partial charge on any atom is 0.315 e. The van der Waals surface area contributed by atoms with E-state index < -0.39 is 0 Å². The summed E-state index contributed by atoms with van der Waals surface area (Å²) < 4.78 is 0. The molecule has 0 aromatic heterocycles. The molecule has 0 bridgehead atoms. The molecule has 0 saturated heterocycles. The second-order valence-electron chi connectivity index (χ2n) is 4.20. The zero-order valence-corrected chi connectivity index (χ0v) is 8.18. The molecular weight excluding hydrogens is 164 g/mol. The Labute approximate surface area is 79.3 Å². The number of amides is 2. The van der Waals surface area contributed by atoms with Crippen LogP contribution in [0, 0.1) is 11.8 Å². The van der Waals surface area contributed by atoms with Crippen LogP contribution in [0.3, 0.4) is 0 Å². The molecule has 3 heteroatoms. The monoisotopic (exact) mass is 182 g/mol. The predicted molar refractivity (Wildman–Crippen MR) is 51.4 cm³/mol. The standard InChI is InChI=1S/C10H18N2O/c1-2-11-10(13)12-9(7-3-4-7)8-5-6-8/h7-9H,2-6H2,1H3,(H2,11,12,13). The number of urea groups is 1. The van der Waals surface area contributed by atoms with Crippen LogP contribution >= 0.6 is 0 Å². The Hall–Kier alpha value is -0.730. The van der Waals surface area contributed by atoms with Crippen molar-refractivity contribution in [2.45, 2.75) is 38.6 Å². The Morgan fingerprint density at radius 3 is 2.23 bits per heavy atom. The Morgan fingerprint density at radius 1 is 1.31 bits per heavy atom. The topological polar surface area (TPSA) is 41.1 Å². The zero-order valence-electron chi connectivity index (χ0n) is 8.18. The summed E-state index contributed by atoms with van der Waals surface area (Å²) in [6.07, 6.45) is 5.25. The van der Waals surface area contributed by atoms with Crippen LogP contribution in [0.4, 0.5) is 4.79 Å². The average molecular weight is 182 g/mol. The minimum Gasteiger partial charge on any atom is -0.338 e. The number of carbonyl (C=O) groups is 1. The molecular formula is C10H18N2O. The lowest BCUT2D eigenvalue weighted by Crippen LogP contribution is -2.44. The first kappa shape index (κ1) is 8.85. The fraction of sp³-hybridized carbons (Fsp3) is 0.900. The number of hydrogen-bond acceptors (Lipinski definition) is 1. The van der Waals surface area contributed by atoms with E-state index in [4.69, 9.17) is 0 Å². The van der Waals surface area contributed by atoms with E-state index in [9.17, 15) is 4.79 Å². The number of hydrogen-bond donors (Lipinski definition) is 2. The van der Waals surface area contributed by atoms with Gasteiger partial charge in [-0.05, 0) is 44.4 Å². The van der Waals surface area contributed by atoms with E-state index >= 15 is 0 Å². The number of rotatable bonds is 4. The van der Waals surface area contributed by atoms with Gasteiger partial charge in [0, 0.05) is 12.6 Å². The van der Waals surface area contributed by atoms with Gasteiger partial charge in [0.15, 0.2) is 0 Å². The Kier molecular flexibility index (Phi) is 2.42. The molecule has 2 aliphatic carbocycles. The minimum atomic E-state index is 0.0197. The van der Waals surface area contributed by atoms with Crippen molar-refractivity contribution in [1.82, 2.24) is 10.6 Å². The first-order chi connectivity index (χ1) is 6.31. The van der Waals surface area contributed by atoms with Gasteiger partial charge in [-0.25, -0.2) is 4.79 Å². The summed E-state index contributed by atoms with van der Waals surface area (Å²) >= 11 is 0. The molecule has 2 amide bonds. The molecule has 2 saturated carbocycles. The number of carbonyl (C=O) groups excluding carboxylic acids is 1. The third-order valence-electron chi connectivity index (χ3n) is 2.89. The highest BCUT2D eigenvalue weighted by Gasteiger charge is 2.42. The van der Waals surface area contributed by atoms with Crippen molar-refractivity contribution < 1.29 is 4.79 Å². The van der Waals surface area contributed by atoms with Crippen LogP contribution in [0.25, 0.3) is 0 Å². The fourth-order valence-corrected chi connectivity index (χ4v) is 1.89. The molecule has 13 heavy (non-hydrogen) atoms. The lowest BCUT2D eigenvalue weighted by atomic mass is 10.1. The van der Waals surface area contributed by atoms with Gasteiger partial charge in [-0.1, -0.05) is 0 Å². The fourth-order valence-electron chi connectivity index (χ4n) is 1.89. The first-order valence-electron chi connectivity index (χ1n) is 5.35. The zero-order chi connectivity index (χ0) is 9.26. The van der Waals surface area contributed by atoms with Crippen molar-refractivity contribution in [3.8, 4) is 0 Å². The Morgan fingerprint density at radius 2 is 1.85 bits per heavy atom. The third-order valence-corrected chi connectivity index (χ3v) is 2.89. The second kappa shape index (κ2) is 3.56. The molecule has 0 unspecified atom stereocenters. The third kappa shape index (κ3) is 2.36. The molecule has 0 aliphatic heterocycles. The van der Waals surface area contributed by atoms with E-state index in [-0.39, 0.29) is 6.03 Å². The van der Waals surface area contributed by atoms with Crippen LogP contribution in [-0.4, -0.2) is 18.6 Å². The van der Waals surface area contributed by atoms with E-state index in [1.54, 1.807) is 0 Å². The molecule has 2 fully saturated rings. The summed E-state index contributed by atoms with van der Waals surface area (Å²) in [6.45, 7) is 2.66. The highest BCUT2D eigenvalue weighted by Crippen LogP contribution is 2.44. The van der Waals surface area contributed by atoms with Crippen LogP contribution in [0.5, 0.6) is 0 Å². The summed E-state index contributed by atoms with van der Waals surface area (Å²) in [4.78, 5) is 11.3. The minimum absolute atomic E-state index is 0.0197.